The lowest BCUT2D eigenvalue weighted by Gasteiger charge is -2.38. The zero-order valence-electron chi connectivity index (χ0n) is 18.0. The number of rotatable bonds is 7. The first-order chi connectivity index (χ1) is 15.6. The van der Waals surface area contributed by atoms with Crippen LogP contribution in [0.5, 0.6) is 0 Å². The highest BCUT2D eigenvalue weighted by Crippen LogP contribution is 2.39. The van der Waals surface area contributed by atoms with E-state index in [0.29, 0.717) is 11.4 Å². The van der Waals surface area contributed by atoms with Gasteiger partial charge in [0.15, 0.2) is 0 Å². The SMILES string of the molecule is O=C(NCCCCN1CCC(O)(c2ccccc2)CC1)C1=Cc2[nH]nc3cccc(c23)S1. The number of aromatic amines is 1. The third-order valence-electron chi connectivity index (χ3n) is 6.47. The summed E-state index contributed by atoms with van der Waals surface area (Å²) in [5, 5.41) is 22.4. The van der Waals surface area contributed by atoms with Gasteiger partial charge in [0.25, 0.3) is 5.91 Å². The minimum Gasteiger partial charge on any atom is -0.385 e. The number of carbonyl (C=O) groups is 1. The number of nitrogens with zero attached hydrogens (tertiary/aromatic N) is 2. The summed E-state index contributed by atoms with van der Waals surface area (Å²) in [6.45, 7) is 3.47. The first-order valence-corrected chi connectivity index (χ1v) is 12.1. The van der Waals surface area contributed by atoms with E-state index in [2.05, 4.69) is 20.4 Å². The van der Waals surface area contributed by atoms with Gasteiger partial charge in [-0.2, -0.15) is 5.10 Å². The number of amides is 1. The van der Waals surface area contributed by atoms with Gasteiger partial charge in [0.05, 0.1) is 21.7 Å². The van der Waals surface area contributed by atoms with Crippen molar-refractivity contribution in [2.75, 3.05) is 26.2 Å². The van der Waals surface area contributed by atoms with Crippen molar-refractivity contribution in [3.05, 3.63) is 64.7 Å². The Morgan fingerprint density at radius 3 is 2.75 bits per heavy atom. The molecule has 0 atom stereocenters. The Hall–Kier alpha value is -2.61. The van der Waals surface area contributed by atoms with Crippen LogP contribution >= 0.6 is 11.8 Å². The number of aromatic nitrogens is 2. The molecule has 3 aromatic rings. The van der Waals surface area contributed by atoms with Crippen LogP contribution in [0.15, 0.2) is 58.3 Å². The Morgan fingerprint density at radius 2 is 1.94 bits per heavy atom. The molecule has 1 fully saturated rings. The second-order valence-corrected chi connectivity index (χ2v) is 9.68. The lowest BCUT2D eigenvalue weighted by Crippen LogP contribution is -2.43. The largest absolute Gasteiger partial charge is 0.385 e. The molecule has 0 saturated carbocycles. The topological polar surface area (TPSA) is 81.3 Å². The number of nitrogens with one attached hydrogen (secondary N) is 2. The molecule has 2 aliphatic rings. The Kier molecular flexibility index (Phi) is 6.04. The maximum Gasteiger partial charge on any atom is 0.258 e. The van der Waals surface area contributed by atoms with Crippen molar-refractivity contribution in [3.63, 3.8) is 0 Å². The van der Waals surface area contributed by atoms with E-state index >= 15 is 0 Å². The number of piperidine rings is 1. The van der Waals surface area contributed by atoms with Gasteiger partial charge in [-0.15, -0.1) is 0 Å². The molecule has 3 N–H and O–H groups in total. The van der Waals surface area contributed by atoms with Gasteiger partial charge in [0.2, 0.25) is 0 Å². The average molecular weight is 449 g/mol. The van der Waals surface area contributed by atoms with Gasteiger partial charge < -0.3 is 15.3 Å². The van der Waals surface area contributed by atoms with Crippen molar-refractivity contribution in [3.8, 4) is 0 Å². The molecular weight excluding hydrogens is 420 g/mol. The van der Waals surface area contributed by atoms with Crippen molar-refractivity contribution in [1.82, 2.24) is 20.4 Å². The summed E-state index contributed by atoms with van der Waals surface area (Å²) in [6, 6.07) is 16.0. The molecule has 0 spiro atoms. The molecule has 1 aromatic heterocycles. The van der Waals surface area contributed by atoms with E-state index in [4.69, 9.17) is 0 Å². The van der Waals surface area contributed by atoms with Crippen molar-refractivity contribution in [2.45, 2.75) is 36.2 Å². The van der Waals surface area contributed by atoms with Crippen LogP contribution in [0.4, 0.5) is 0 Å². The summed E-state index contributed by atoms with van der Waals surface area (Å²) in [4.78, 5) is 16.8. The summed E-state index contributed by atoms with van der Waals surface area (Å²) in [5.74, 6) is -0.0295. The Morgan fingerprint density at radius 1 is 1.12 bits per heavy atom. The predicted molar refractivity (Wildman–Crippen MR) is 128 cm³/mol. The summed E-state index contributed by atoms with van der Waals surface area (Å²) in [7, 11) is 0. The monoisotopic (exact) mass is 448 g/mol. The number of thioether (sulfide) groups is 1. The summed E-state index contributed by atoms with van der Waals surface area (Å²) in [6.07, 6.45) is 5.39. The molecule has 2 aliphatic heterocycles. The summed E-state index contributed by atoms with van der Waals surface area (Å²) < 4.78 is 0. The van der Waals surface area contributed by atoms with E-state index < -0.39 is 5.60 Å². The second kappa shape index (κ2) is 9.10. The third-order valence-corrected chi connectivity index (χ3v) is 7.55. The van der Waals surface area contributed by atoms with E-state index in [1.807, 2.05) is 54.6 Å². The molecule has 6 nitrogen and oxygen atoms in total. The van der Waals surface area contributed by atoms with Gasteiger partial charge >= 0.3 is 0 Å². The fourth-order valence-electron chi connectivity index (χ4n) is 4.57. The van der Waals surface area contributed by atoms with E-state index in [1.54, 1.807) is 0 Å². The molecule has 0 bridgehead atoms. The number of benzene rings is 2. The molecule has 32 heavy (non-hydrogen) atoms. The fraction of sp³-hybridized carbons (Fsp3) is 0.360. The van der Waals surface area contributed by atoms with Crippen molar-refractivity contribution in [1.29, 1.82) is 0 Å². The molecule has 0 radical (unpaired) electrons. The van der Waals surface area contributed by atoms with Gasteiger partial charge in [-0.05, 0) is 56.0 Å². The van der Waals surface area contributed by atoms with Gasteiger partial charge in [-0.3, -0.25) is 9.89 Å². The highest BCUT2D eigenvalue weighted by atomic mass is 32.2. The molecule has 0 aliphatic carbocycles. The molecule has 3 heterocycles. The Balaban J connectivity index is 1.04. The molecule has 1 saturated heterocycles. The van der Waals surface area contributed by atoms with Crippen molar-refractivity contribution >= 4 is 34.6 Å². The van der Waals surface area contributed by atoms with Crippen LogP contribution in [0.25, 0.3) is 17.0 Å². The lowest BCUT2D eigenvalue weighted by molar-refractivity contribution is -0.116. The van der Waals surface area contributed by atoms with Crippen molar-refractivity contribution in [2.24, 2.45) is 0 Å². The molecule has 1 amide bonds. The highest BCUT2D eigenvalue weighted by molar-refractivity contribution is 8.04. The summed E-state index contributed by atoms with van der Waals surface area (Å²) in [5.41, 5.74) is 2.16. The molecule has 5 rings (SSSR count). The highest BCUT2D eigenvalue weighted by Gasteiger charge is 2.33. The van der Waals surface area contributed by atoms with E-state index in [0.717, 1.165) is 72.4 Å². The predicted octanol–water partition coefficient (Wildman–Crippen LogP) is 3.89. The number of unbranched alkanes of at least 4 members (excludes halogenated alkanes) is 1. The normalized spacial score (nSPS) is 17.8. The standard InChI is InChI=1S/C25H28N4O2S/c30-24(22-17-20-23-19(27-28-20)9-6-10-21(23)32-22)26-13-4-5-14-29-15-11-25(31,12-16-29)18-7-2-1-3-8-18/h1-3,6-10,17,31H,4-5,11-16H2,(H,26,30)(H,27,28). The van der Waals surface area contributed by atoms with Crippen LogP contribution < -0.4 is 5.32 Å². The number of hydrogen-bond acceptors (Lipinski definition) is 5. The van der Waals surface area contributed by atoms with E-state index in [-0.39, 0.29) is 5.91 Å². The average Bonchev–Trinajstić information content (AvgIpc) is 3.25. The van der Waals surface area contributed by atoms with Gasteiger partial charge in [-0.1, -0.05) is 48.2 Å². The van der Waals surface area contributed by atoms with Crippen LogP contribution in [0, 0.1) is 0 Å². The van der Waals surface area contributed by atoms with Crippen molar-refractivity contribution < 1.29 is 9.90 Å². The van der Waals surface area contributed by atoms with Gasteiger partial charge in [-0.25, -0.2) is 0 Å². The van der Waals surface area contributed by atoms with E-state index in [1.165, 1.54) is 11.8 Å². The quantitative estimate of drug-likeness (QED) is 0.478. The minimum atomic E-state index is -0.698. The Labute approximate surface area is 192 Å². The third kappa shape index (κ3) is 4.33. The lowest BCUT2D eigenvalue weighted by atomic mass is 9.84. The number of carbonyl (C=O) groups excluding carboxylic acids is 1. The number of likely N-dealkylation sites (tertiary alicyclic amines) is 1. The molecule has 2 aromatic carbocycles. The van der Waals surface area contributed by atoms with Crippen LogP contribution in [-0.4, -0.2) is 52.3 Å². The van der Waals surface area contributed by atoms with Crippen LogP contribution in [0.3, 0.4) is 0 Å². The van der Waals surface area contributed by atoms with Crippen LogP contribution in [0.2, 0.25) is 0 Å². The van der Waals surface area contributed by atoms with Gasteiger partial charge in [0, 0.05) is 29.9 Å². The molecule has 7 heteroatoms. The smallest absolute Gasteiger partial charge is 0.258 e. The minimum absolute atomic E-state index is 0.0295. The molecule has 166 valence electrons. The first-order valence-electron chi connectivity index (χ1n) is 11.3. The van der Waals surface area contributed by atoms with Crippen LogP contribution in [-0.2, 0) is 10.4 Å². The number of H-pyrrole nitrogens is 1. The maximum absolute atomic E-state index is 12.6. The zero-order valence-corrected chi connectivity index (χ0v) is 18.8. The number of aliphatic hydroxyl groups is 1. The molecule has 0 unspecified atom stereocenters. The fourth-order valence-corrected chi connectivity index (χ4v) is 5.62. The summed E-state index contributed by atoms with van der Waals surface area (Å²) >= 11 is 1.50. The zero-order chi connectivity index (χ0) is 22.0. The Bertz CT molecular complexity index is 1130. The number of hydrogen-bond donors (Lipinski definition) is 3. The van der Waals surface area contributed by atoms with Gasteiger partial charge in [0.1, 0.15) is 0 Å². The molecular formula is C25H28N4O2S. The second-order valence-electron chi connectivity index (χ2n) is 8.60. The van der Waals surface area contributed by atoms with E-state index in [9.17, 15) is 9.90 Å². The van der Waals surface area contributed by atoms with Crippen LogP contribution in [0.1, 0.15) is 36.9 Å². The maximum atomic E-state index is 12.6. The first kappa shape index (κ1) is 21.2.